The van der Waals surface area contributed by atoms with E-state index in [4.69, 9.17) is 14.6 Å². The molecule has 9 heteroatoms. The highest BCUT2D eigenvalue weighted by atomic mass is 32.2. The molecule has 0 aliphatic rings. The van der Waals surface area contributed by atoms with Gasteiger partial charge in [-0.25, -0.2) is 13.2 Å². The van der Waals surface area contributed by atoms with Gasteiger partial charge in [0.05, 0.1) is 19.9 Å². The maximum atomic E-state index is 12.5. The molecule has 1 aromatic heterocycles. The van der Waals surface area contributed by atoms with Crippen LogP contribution in [0.4, 0.5) is 5.69 Å². The van der Waals surface area contributed by atoms with Crippen molar-refractivity contribution in [2.24, 2.45) is 0 Å². The molecule has 0 saturated heterocycles. The van der Waals surface area contributed by atoms with Crippen LogP contribution < -0.4 is 14.2 Å². The van der Waals surface area contributed by atoms with E-state index >= 15 is 0 Å². The average molecular weight is 371 g/mol. The summed E-state index contributed by atoms with van der Waals surface area (Å²) in [6.07, 6.45) is 0. The smallest absolute Gasteiger partial charge is 0.346 e. The third kappa shape index (κ3) is 3.46. The van der Waals surface area contributed by atoms with Gasteiger partial charge in [0.15, 0.2) is 11.5 Å². The quantitative estimate of drug-likeness (QED) is 0.809. The third-order valence-corrected chi connectivity index (χ3v) is 6.39. The second-order valence-electron chi connectivity index (χ2n) is 5.01. The summed E-state index contributed by atoms with van der Waals surface area (Å²) < 4.78 is 37.8. The molecule has 0 unspecified atom stereocenters. The Bertz CT molecular complexity index is 886. The highest BCUT2D eigenvalue weighted by molar-refractivity contribution is 7.94. The minimum Gasteiger partial charge on any atom is -0.493 e. The number of carboxylic acids is 1. The highest BCUT2D eigenvalue weighted by Gasteiger charge is 2.23. The van der Waals surface area contributed by atoms with Gasteiger partial charge < -0.3 is 14.6 Å². The predicted molar refractivity (Wildman–Crippen MR) is 91.1 cm³/mol. The summed E-state index contributed by atoms with van der Waals surface area (Å²) in [5, 5.41) is 9.07. The van der Waals surface area contributed by atoms with Crippen molar-refractivity contribution in [3.05, 3.63) is 34.2 Å². The van der Waals surface area contributed by atoms with E-state index in [1.54, 1.807) is 19.9 Å². The van der Waals surface area contributed by atoms with Crippen LogP contribution in [0, 0.1) is 13.8 Å². The lowest BCUT2D eigenvalue weighted by Gasteiger charge is -2.14. The fourth-order valence-corrected chi connectivity index (χ4v) is 4.58. The van der Waals surface area contributed by atoms with Gasteiger partial charge in [-0.2, -0.15) is 0 Å². The highest BCUT2D eigenvalue weighted by Crippen LogP contribution is 2.35. The Hall–Kier alpha value is -2.26. The molecule has 2 N–H and O–H groups in total. The van der Waals surface area contributed by atoms with Crippen LogP contribution in [0.2, 0.25) is 0 Å². The Morgan fingerprint density at radius 2 is 1.67 bits per heavy atom. The van der Waals surface area contributed by atoms with E-state index in [1.165, 1.54) is 26.4 Å². The first-order valence-electron chi connectivity index (χ1n) is 6.78. The van der Waals surface area contributed by atoms with Crippen molar-refractivity contribution in [3.8, 4) is 11.5 Å². The number of benzene rings is 1. The summed E-state index contributed by atoms with van der Waals surface area (Å²) in [6, 6.07) is 4.51. The van der Waals surface area contributed by atoms with E-state index < -0.39 is 16.0 Å². The lowest BCUT2D eigenvalue weighted by atomic mass is 10.2. The lowest BCUT2D eigenvalue weighted by Crippen LogP contribution is -2.12. The maximum Gasteiger partial charge on any atom is 0.346 e. The van der Waals surface area contributed by atoms with Gasteiger partial charge in [-0.3, -0.25) is 4.72 Å². The van der Waals surface area contributed by atoms with Crippen molar-refractivity contribution in [2.75, 3.05) is 18.9 Å². The average Bonchev–Trinajstić information content (AvgIpc) is 2.91. The normalized spacial score (nSPS) is 11.2. The molecule has 0 amide bonds. The first-order chi connectivity index (χ1) is 11.2. The number of rotatable bonds is 6. The zero-order chi connectivity index (χ0) is 18.1. The SMILES string of the molecule is COc1cc(C)c(NS(=O)(=O)c2cc(C)c(C(=O)O)s2)cc1OC. The Balaban J connectivity index is 2.43. The van der Waals surface area contributed by atoms with Crippen molar-refractivity contribution in [1.29, 1.82) is 0 Å². The molecule has 0 saturated carbocycles. The Labute approximate surface area is 143 Å². The van der Waals surface area contributed by atoms with Crippen molar-refractivity contribution in [3.63, 3.8) is 0 Å². The van der Waals surface area contributed by atoms with E-state index in [9.17, 15) is 13.2 Å². The zero-order valence-electron chi connectivity index (χ0n) is 13.5. The molecule has 1 heterocycles. The molecular formula is C15H17NO6S2. The molecule has 2 aromatic rings. The number of anilines is 1. The van der Waals surface area contributed by atoms with E-state index in [0.29, 0.717) is 39.7 Å². The van der Waals surface area contributed by atoms with Crippen LogP contribution in [0.25, 0.3) is 0 Å². The number of carboxylic acid groups (broad SMARTS) is 1. The number of aryl methyl sites for hydroxylation is 2. The summed E-state index contributed by atoms with van der Waals surface area (Å²) >= 11 is 0.711. The summed E-state index contributed by atoms with van der Waals surface area (Å²) in [7, 11) is -0.966. The van der Waals surface area contributed by atoms with Crippen molar-refractivity contribution < 1.29 is 27.8 Å². The van der Waals surface area contributed by atoms with Gasteiger partial charge in [0.1, 0.15) is 9.09 Å². The molecule has 7 nitrogen and oxygen atoms in total. The van der Waals surface area contributed by atoms with Crippen LogP contribution in [-0.4, -0.2) is 33.7 Å². The lowest BCUT2D eigenvalue weighted by molar-refractivity contribution is 0.0701. The van der Waals surface area contributed by atoms with E-state index in [1.807, 2.05) is 0 Å². The molecule has 0 spiro atoms. The van der Waals surface area contributed by atoms with Gasteiger partial charge in [0, 0.05) is 6.07 Å². The second-order valence-corrected chi connectivity index (χ2v) is 7.97. The fourth-order valence-electron chi connectivity index (χ4n) is 2.08. The maximum absolute atomic E-state index is 12.5. The van der Waals surface area contributed by atoms with Gasteiger partial charge in [-0.05, 0) is 37.1 Å². The molecule has 0 radical (unpaired) electrons. The first kappa shape index (κ1) is 18.1. The molecule has 0 aliphatic carbocycles. The van der Waals surface area contributed by atoms with Crippen LogP contribution >= 0.6 is 11.3 Å². The largest absolute Gasteiger partial charge is 0.493 e. The van der Waals surface area contributed by atoms with Crippen LogP contribution in [0.5, 0.6) is 11.5 Å². The molecule has 0 atom stereocenters. The molecule has 24 heavy (non-hydrogen) atoms. The third-order valence-electron chi connectivity index (χ3n) is 3.33. The molecule has 0 aliphatic heterocycles. The first-order valence-corrected chi connectivity index (χ1v) is 9.08. The van der Waals surface area contributed by atoms with E-state index in [2.05, 4.69) is 4.72 Å². The van der Waals surface area contributed by atoms with Crippen molar-refractivity contribution in [1.82, 2.24) is 0 Å². The van der Waals surface area contributed by atoms with Gasteiger partial charge in [0.2, 0.25) is 0 Å². The number of hydrogen-bond donors (Lipinski definition) is 2. The number of ether oxygens (including phenoxy) is 2. The fraction of sp³-hybridized carbons (Fsp3) is 0.267. The number of methoxy groups -OCH3 is 2. The summed E-state index contributed by atoms with van der Waals surface area (Å²) in [4.78, 5) is 11.1. The van der Waals surface area contributed by atoms with Gasteiger partial charge >= 0.3 is 5.97 Å². The molecular weight excluding hydrogens is 354 g/mol. The number of nitrogens with one attached hydrogen (secondary N) is 1. The molecule has 1 aromatic carbocycles. The van der Waals surface area contributed by atoms with Crippen LogP contribution in [0.1, 0.15) is 20.8 Å². The minimum absolute atomic E-state index is 0.000548. The Kier molecular flexibility index (Phi) is 5.05. The number of carbonyl (C=O) groups is 1. The standard InChI is InChI=1S/C15H17NO6S2/c1-8-5-11(21-3)12(22-4)7-10(8)16-24(19,20)13-6-9(2)14(23-13)15(17)18/h5-7,16H,1-4H3,(H,17,18). The molecule has 130 valence electrons. The van der Waals surface area contributed by atoms with Gasteiger partial charge in [-0.1, -0.05) is 0 Å². The molecule has 0 fully saturated rings. The van der Waals surface area contributed by atoms with Gasteiger partial charge in [0.25, 0.3) is 10.0 Å². The Morgan fingerprint density at radius 1 is 1.08 bits per heavy atom. The molecule has 2 rings (SSSR count). The second kappa shape index (κ2) is 6.70. The Morgan fingerprint density at radius 3 is 2.17 bits per heavy atom. The minimum atomic E-state index is -3.91. The van der Waals surface area contributed by atoms with E-state index in [-0.39, 0.29) is 9.09 Å². The number of aromatic carboxylic acids is 1. The number of sulfonamides is 1. The zero-order valence-corrected chi connectivity index (χ0v) is 15.2. The predicted octanol–water partition coefficient (Wildman–Crippen LogP) is 2.88. The summed E-state index contributed by atoms with van der Waals surface area (Å²) in [5.41, 5.74) is 1.37. The van der Waals surface area contributed by atoms with Crippen LogP contribution in [0.3, 0.4) is 0 Å². The number of thiophene rings is 1. The molecule has 0 bridgehead atoms. The number of hydrogen-bond acceptors (Lipinski definition) is 6. The van der Waals surface area contributed by atoms with Crippen molar-refractivity contribution >= 4 is 33.0 Å². The van der Waals surface area contributed by atoms with Crippen LogP contribution in [0.15, 0.2) is 22.4 Å². The summed E-state index contributed by atoms with van der Waals surface area (Å²) in [5.74, 6) is -0.284. The monoisotopic (exact) mass is 371 g/mol. The van der Waals surface area contributed by atoms with Crippen LogP contribution in [-0.2, 0) is 10.0 Å². The van der Waals surface area contributed by atoms with E-state index in [0.717, 1.165) is 0 Å². The summed E-state index contributed by atoms with van der Waals surface area (Å²) in [6.45, 7) is 3.28. The van der Waals surface area contributed by atoms with Crippen molar-refractivity contribution in [2.45, 2.75) is 18.1 Å². The van der Waals surface area contributed by atoms with Gasteiger partial charge in [-0.15, -0.1) is 11.3 Å². The topological polar surface area (TPSA) is 102 Å².